The summed E-state index contributed by atoms with van der Waals surface area (Å²) in [5, 5.41) is 0. The molecule has 32 heavy (non-hydrogen) atoms. The SMILES string of the molecule is COC(=O)c1c(S(=O)(=O)Nc2ccc(F)cc2)sc2c1CCN(Cc1ccccc1C)C2. The van der Waals surface area contributed by atoms with Crippen LogP contribution >= 0.6 is 11.3 Å². The molecule has 0 radical (unpaired) electrons. The minimum Gasteiger partial charge on any atom is -0.465 e. The van der Waals surface area contributed by atoms with Gasteiger partial charge in [0.25, 0.3) is 10.0 Å². The maximum absolute atomic E-state index is 13.2. The summed E-state index contributed by atoms with van der Waals surface area (Å²) in [4.78, 5) is 15.6. The van der Waals surface area contributed by atoms with Gasteiger partial charge in [-0.15, -0.1) is 11.3 Å². The first-order chi connectivity index (χ1) is 15.3. The Balaban J connectivity index is 1.66. The van der Waals surface area contributed by atoms with Crippen LogP contribution in [0.3, 0.4) is 0 Å². The molecule has 0 unspecified atom stereocenters. The number of nitrogens with one attached hydrogen (secondary N) is 1. The Morgan fingerprint density at radius 1 is 1.19 bits per heavy atom. The van der Waals surface area contributed by atoms with Gasteiger partial charge in [0, 0.05) is 30.2 Å². The molecule has 1 aliphatic rings. The van der Waals surface area contributed by atoms with Crippen molar-refractivity contribution in [3.8, 4) is 0 Å². The van der Waals surface area contributed by atoms with Crippen LogP contribution in [0.25, 0.3) is 0 Å². The third-order valence-electron chi connectivity index (χ3n) is 5.49. The van der Waals surface area contributed by atoms with Crippen molar-refractivity contribution in [3.63, 3.8) is 0 Å². The molecule has 0 aliphatic carbocycles. The lowest BCUT2D eigenvalue weighted by molar-refractivity contribution is 0.0595. The minimum absolute atomic E-state index is 0.0728. The van der Waals surface area contributed by atoms with Crippen molar-refractivity contribution in [1.29, 1.82) is 0 Å². The fraction of sp³-hybridized carbons (Fsp3) is 0.261. The van der Waals surface area contributed by atoms with Gasteiger partial charge in [-0.25, -0.2) is 17.6 Å². The predicted molar refractivity (Wildman–Crippen MR) is 122 cm³/mol. The molecule has 1 aromatic heterocycles. The topological polar surface area (TPSA) is 75.7 Å². The molecular weight excluding hydrogens is 451 g/mol. The number of esters is 1. The fourth-order valence-electron chi connectivity index (χ4n) is 3.81. The molecule has 0 saturated carbocycles. The number of ether oxygens (including phenoxy) is 1. The Bertz CT molecular complexity index is 1250. The average Bonchev–Trinajstić information content (AvgIpc) is 3.16. The number of sulfonamides is 1. The second kappa shape index (κ2) is 9.01. The van der Waals surface area contributed by atoms with Crippen LogP contribution in [0, 0.1) is 12.7 Å². The molecule has 9 heteroatoms. The molecule has 0 atom stereocenters. The van der Waals surface area contributed by atoms with Crippen LogP contribution in [0.4, 0.5) is 10.1 Å². The van der Waals surface area contributed by atoms with Crippen molar-refractivity contribution in [2.75, 3.05) is 18.4 Å². The van der Waals surface area contributed by atoms with E-state index < -0.39 is 21.8 Å². The van der Waals surface area contributed by atoms with E-state index >= 15 is 0 Å². The Labute approximate surface area is 190 Å². The molecule has 0 amide bonds. The number of methoxy groups -OCH3 is 1. The molecule has 6 nitrogen and oxygen atoms in total. The summed E-state index contributed by atoms with van der Waals surface area (Å²) in [5.41, 5.74) is 3.45. The summed E-state index contributed by atoms with van der Waals surface area (Å²) < 4.78 is 46.8. The molecule has 2 heterocycles. The second-order valence-electron chi connectivity index (χ2n) is 7.66. The van der Waals surface area contributed by atoms with Crippen LogP contribution in [-0.2, 0) is 34.3 Å². The van der Waals surface area contributed by atoms with Crippen molar-refractivity contribution in [1.82, 2.24) is 4.90 Å². The van der Waals surface area contributed by atoms with Crippen LogP contribution in [0.2, 0.25) is 0 Å². The summed E-state index contributed by atoms with van der Waals surface area (Å²) in [7, 11) is -2.82. The molecule has 0 fully saturated rings. The van der Waals surface area contributed by atoms with E-state index in [4.69, 9.17) is 4.74 Å². The quantitative estimate of drug-likeness (QED) is 0.538. The number of fused-ring (bicyclic) bond motifs is 1. The van der Waals surface area contributed by atoms with Gasteiger partial charge in [-0.05, 0) is 54.3 Å². The Hall–Kier alpha value is -2.75. The van der Waals surface area contributed by atoms with E-state index in [0.717, 1.165) is 28.3 Å². The molecule has 0 bridgehead atoms. The average molecular weight is 475 g/mol. The zero-order valence-electron chi connectivity index (χ0n) is 17.7. The highest BCUT2D eigenvalue weighted by Gasteiger charge is 2.34. The first-order valence-corrected chi connectivity index (χ1v) is 12.4. The van der Waals surface area contributed by atoms with Crippen LogP contribution in [-0.4, -0.2) is 32.9 Å². The number of thiophene rings is 1. The number of aryl methyl sites for hydroxylation is 1. The van der Waals surface area contributed by atoms with Crippen molar-refractivity contribution in [3.05, 3.63) is 81.5 Å². The first kappa shape index (κ1) is 22.4. The third-order valence-corrected chi connectivity index (χ3v) is 8.61. The van der Waals surface area contributed by atoms with Crippen LogP contribution < -0.4 is 4.72 Å². The maximum Gasteiger partial charge on any atom is 0.340 e. The summed E-state index contributed by atoms with van der Waals surface area (Å²) in [5.74, 6) is -1.14. The zero-order valence-corrected chi connectivity index (χ0v) is 19.4. The molecule has 1 N–H and O–H groups in total. The Morgan fingerprint density at radius 2 is 1.91 bits per heavy atom. The predicted octanol–water partition coefficient (Wildman–Crippen LogP) is 4.34. The largest absolute Gasteiger partial charge is 0.465 e. The lowest BCUT2D eigenvalue weighted by Crippen LogP contribution is -2.30. The normalized spacial score (nSPS) is 14.1. The number of hydrogen-bond donors (Lipinski definition) is 1. The number of halogens is 1. The van der Waals surface area contributed by atoms with Crippen LogP contribution in [0.5, 0.6) is 0 Å². The van der Waals surface area contributed by atoms with E-state index in [1.54, 1.807) is 0 Å². The number of benzene rings is 2. The molecule has 3 aromatic rings. The standard InChI is InChI=1S/C23H23FN2O4S2/c1-15-5-3-4-6-16(15)13-26-12-11-19-20(14-26)31-23(21(19)22(27)30-2)32(28,29)25-18-9-7-17(24)8-10-18/h3-10,25H,11-14H2,1-2H3. The Morgan fingerprint density at radius 3 is 2.59 bits per heavy atom. The highest BCUT2D eigenvalue weighted by molar-refractivity contribution is 7.94. The molecule has 0 saturated heterocycles. The second-order valence-corrected chi connectivity index (χ2v) is 10.6. The summed E-state index contributed by atoms with van der Waals surface area (Å²) >= 11 is 1.09. The van der Waals surface area contributed by atoms with Crippen LogP contribution in [0.1, 0.15) is 31.9 Å². The van der Waals surface area contributed by atoms with E-state index in [2.05, 4.69) is 28.7 Å². The van der Waals surface area contributed by atoms with E-state index in [9.17, 15) is 17.6 Å². The Kier molecular flexibility index (Phi) is 6.32. The lowest BCUT2D eigenvalue weighted by atomic mass is 10.0. The maximum atomic E-state index is 13.2. The lowest BCUT2D eigenvalue weighted by Gasteiger charge is -2.27. The number of hydrogen-bond acceptors (Lipinski definition) is 6. The molecule has 168 valence electrons. The van der Waals surface area contributed by atoms with Gasteiger partial charge >= 0.3 is 5.97 Å². The number of anilines is 1. The van der Waals surface area contributed by atoms with Gasteiger partial charge in [0.05, 0.1) is 12.7 Å². The van der Waals surface area contributed by atoms with E-state index in [0.29, 0.717) is 19.5 Å². The highest BCUT2D eigenvalue weighted by atomic mass is 32.2. The fourth-order valence-corrected chi connectivity index (χ4v) is 6.80. The van der Waals surface area contributed by atoms with Gasteiger partial charge < -0.3 is 4.74 Å². The minimum atomic E-state index is -4.06. The molecular formula is C23H23FN2O4S2. The molecule has 1 aliphatic heterocycles. The number of carbonyl (C=O) groups is 1. The van der Waals surface area contributed by atoms with E-state index in [-0.39, 0.29) is 15.5 Å². The number of carbonyl (C=O) groups excluding carboxylic acids is 1. The van der Waals surface area contributed by atoms with Crippen LogP contribution in [0.15, 0.2) is 52.7 Å². The molecule has 4 rings (SSSR count). The van der Waals surface area contributed by atoms with Gasteiger partial charge in [-0.3, -0.25) is 9.62 Å². The van der Waals surface area contributed by atoms with E-state index in [1.165, 1.54) is 42.5 Å². The third kappa shape index (κ3) is 4.55. The highest BCUT2D eigenvalue weighted by Crippen LogP contribution is 2.38. The molecule has 0 spiro atoms. The van der Waals surface area contributed by atoms with Crippen molar-refractivity contribution < 1.29 is 22.3 Å². The number of rotatable bonds is 6. The summed E-state index contributed by atoms with van der Waals surface area (Å²) in [6.45, 7) is 4.06. The summed E-state index contributed by atoms with van der Waals surface area (Å²) in [6, 6.07) is 13.2. The van der Waals surface area contributed by atoms with Gasteiger partial charge in [-0.2, -0.15) is 0 Å². The van der Waals surface area contributed by atoms with Gasteiger partial charge in [-0.1, -0.05) is 24.3 Å². The first-order valence-electron chi connectivity index (χ1n) is 10.1. The van der Waals surface area contributed by atoms with E-state index in [1.807, 2.05) is 12.1 Å². The van der Waals surface area contributed by atoms with Crippen molar-refractivity contribution >= 4 is 33.0 Å². The monoisotopic (exact) mass is 474 g/mol. The van der Waals surface area contributed by atoms with Gasteiger partial charge in [0.1, 0.15) is 5.82 Å². The zero-order chi connectivity index (χ0) is 22.9. The smallest absolute Gasteiger partial charge is 0.340 e. The number of nitrogens with zero attached hydrogens (tertiary/aromatic N) is 1. The summed E-state index contributed by atoms with van der Waals surface area (Å²) in [6.07, 6.45) is 0.550. The van der Waals surface area contributed by atoms with Gasteiger partial charge in [0.15, 0.2) is 4.21 Å². The van der Waals surface area contributed by atoms with Gasteiger partial charge in [0.2, 0.25) is 0 Å². The molecule has 2 aromatic carbocycles. The van der Waals surface area contributed by atoms with Crippen molar-refractivity contribution in [2.24, 2.45) is 0 Å². The van der Waals surface area contributed by atoms with Crippen molar-refractivity contribution in [2.45, 2.75) is 30.6 Å².